The Bertz CT molecular complexity index is 629. The summed E-state index contributed by atoms with van der Waals surface area (Å²) in [7, 11) is 0. The number of carbonyl (C=O) groups is 1. The van der Waals surface area contributed by atoms with Crippen LogP contribution in [0.5, 0.6) is 0 Å². The number of rotatable bonds is 3. The molecule has 1 fully saturated rings. The number of likely N-dealkylation sites (tertiary alicyclic amines) is 1. The monoisotopic (exact) mass is 271 g/mol. The zero-order valence-electron chi connectivity index (χ0n) is 11.2. The molecule has 2 aromatic rings. The maximum absolute atomic E-state index is 11.1. The van der Waals surface area contributed by atoms with Crippen LogP contribution in [0.4, 0.5) is 0 Å². The molecule has 0 spiro atoms. The quantitative estimate of drug-likeness (QED) is 0.924. The van der Waals surface area contributed by atoms with Gasteiger partial charge in [-0.3, -0.25) is 14.7 Å². The Labute approximate surface area is 117 Å². The molecule has 1 aliphatic heterocycles. The fourth-order valence-electron chi connectivity index (χ4n) is 2.70. The number of aromatic nitrogens is 2. The van der Waals surface area contributed by atoms with E-state index in [1.807, 2.05) is 24.3 Å². The van der Waals surface area contributed by atoms with Crippen LogP contribution in [-0.4, -0.2) is 39.0 Å². The molecule has 1 unspecified atom stereocenters. The van der Waals surface area contributed by atoms with Gasteiger partial charge in [0, 0.05) is 13.1 Å². The minimum absolute atomic E-state index is 0.253. The number of carboxylic acids is 1. The number of benzene rings is 1. The Morgan fingerprint density at radius 3 is 2.95 bits per heavy atom. The summed E-state index contributed by atoms with van der Waals surface area (Å²) in [4.78, 5) is 22.2. The molecule has 1 aliphatic rings. The molecule has 0 bridgehead atoms. The van der Waals surface area contributed by atoms with Gasteiger partial charge in [0.2, 0.25) is 0 Å². The van der Waals surface area contributed by atoms with Crippen LogP contribution in [0.1, 0.15) is 18.5 Å². The zero-order chi connectivity index (χ0) is 13.9. The second-order valence-electron chi connectivity index (χ2n) is 5.26. The third kappa shape index (κ3) is 2.77. The Morgan fingerprint density at radius 1 is 1.35 bits per heavy atom. The first-order valence-corrected chi connectivity index (χ1v) is 6.88. The Balaban J connectivity index is 1.74. The lowest BCUT2D eigenvalue weighted by Crippen LogP contribution is -2.38. The van der Waals surface area contributed by atoms with Crippen LogP contribution in [0.15, 0.2) is 30.5 Å². The SMILES string of the molecule is O=C(O)C1CCCN(Cc2cnc3ccccc3n2)C1. The van der Waals surface area contributed by atoms with Gasteiger partial charge >= 0.3 is 5.97 Å². The second kappa shape index (κ2) is 5.54. The molecule has 20 heavy (non-hydrogen) atoms. The summed E-state index contributed by atoms with van der Waals surface area (Å²) < 4.78 is 0. The fourth-order valence-corrected chi connectivity index (χ4v) is 2.70. The average molecular weight is 271 g/mol. The van der Waals surface area contributed by atoms with E-state index in [0.717, 1.165) is 36.1 Å². The zero-order valence-corrected chi connectivity index (χ0v) is 11.2. The van der Waals surface area contributed by atoms with Crippen LogP contribution in [0.3, 0.4) is 0 Å². The van der Waals surface area contributed by atoms with Crippen LogP contribution in [-0.2, 0) is 11.3 Å². The molecule has 1 aromatic heterocycles. The first-order valence-electron chi connectivity index (χ1n) is 6.88. The Kier molecular flexibility index (Phi) is 3.60. The van der Waals surface area contributed by atoms with Crippen molar-refractivity contribution < 1.29 is 9.90 Å². The third-order valence-electron chi connectivity index (χ3n) is 3.74. The van der Waals surface area contributed by atoms with Crippen molar-refractivity contribution in [2.75, 3.05) is 13.1 Å². The molecule has 0 amide bonds. The topological polar surface area (TPSA) is 66.3 Å². The van der Waals surface area contributed by atoms with E-state index < -0.39 is 5.97 Å². The lowest BCUT2D eigenvalue weighted by Gasteiger charge is -2.30. The van der Waals surface area contributed by atoms with E-state index in [9.17, 15) is 4.79 Å². The number of fused-ring (bicyclic) bond motifs is 1. The standard InChI is InChI=1S/C15H17N3O2/c19-15(20)11-4-3-7-18(9-11)10-12-8-16-13-5-1-2-6-14(13)17-12/h1-2,5-6,8,11H,3-4,7,9-10H2,(H,19,20). The predicted molar refractivity (Wildman–Crippen MR) is 75.2 cm³/mol. The molecular formula is C15H17N3O2. The predicted octanol–water partition coefficient (Wildman–Crippen LogP) is 1.93. The largest absolute Gasteiger partial charge is 0.481 e. The number of hydrogen-bond donors (Lipinski definition) is 1. The number of nitrogens with zero attached hydrogens (tertiary/aromatic N) is 3. The van der Waals surface area contributed by atoms with Crippen LogP contribution >= 0.6 is 0 Å². The van der Waals surface area contributed by atoms with Crippen LogP contribution in [0.2, 0.25) is 0 Å². The Hall–Kier alpha value is -2.01. The van der Waals surface area contributed by atoms with Crippen molar-refractivity contribution >= 4 is 17.0 Å². The van der Waals surface area contributed by atoms with Crippen LogP contribution in [0, 0.1) is 5.92 Å². The van der Waals surface area contributed by atoms with Gasteiger partial charge in [0.05, 0.1) is 28.8 Å². The summed E-state index contributed by atoms with van der Waals surface area (Å²) in [6.07, 6.45) is 3.49. The van der Waals surface area contributed by atoms with Gasteiger partial charge in [0.25, 0.3) is 0 Å². The van der Waals surface area contributed by atoms with Gasteiger partial charge < -0.3 is 5.11 Å². The van der Waals surface area contributed by atoms with E-state index in [1.165, 1.54) is 0 Å². The average Bonchev–Trinajstić information content (AvgIpc) is 2.47. The molecule has 104 valence electrons. The van der Waals surface area contributed by atoms with Gasteiger partial charge in [-0.1, -0.05) is 12.1 Å². The van der Waals surface area contributed by atoms with Gasteiger partial charge in [0.1, 0.15) is 0 Å². The van der Waals surface area contributed by atoms with Crippen LogP contribution < -0.4 is 0 Å². The number of piperidine rings is 1. The van der Waals surface area contributed by atoms with Crippen molar-refractivity contribution in [3.05, 3.63) is 36.2 Å². The van der Waals surface area contributed by atoms with E-state index >= 15 is 0 Å². The molecule has 1 atom stereocenters. The summed E-state index contributed by atoms with van der Waals surface area (Å²) in [6.45, 7) is 2.20. The highest BCUT2D eigenvalue weighted by Crippen LogP contribution is 2.18. The molecule has 5 nitrogen and oxygen atoms in total. The first-order chi connectivity index (χ1) is 9.72. The molecule has 1 N–H and O–H groups in total. The van der Waals surface area contributed by atoms with Crippen molar-refractivity contribution in [3.63, 3.8) is 0 Å². The van der Waals surface area contributed by atoms with Gasteiger partial charge in [-0.05, 0) is 31.5 Å². The van der Waals surface area contributed by atoms with Crippen LogP contribution in [0.25, 0.3) is 11.0 Å². The smallest absolute Gasteiger partial charge is 0.307 e. The van der Waals surface area contributed by atoms with Crippen molar-refractivity contribution in [2.45, 2.75) is 19.4 Å². The minimum atomic E-state index is -0.695. The van der Waals surface area contributed by atoms with E-state index in [-0.39, 0.29) is 5.92 Å². The number of carboxylic acid groups (broad SMARTS) is 1. The van der Waals surface area contributed by atoms with Gasteiger partial charge in [-0.15, -0.1) is 0 Å². The minimum Gasteiger partial charge on any atom is -0.481 e. The first kappa shape index (κ1) is 13.0. The molecule has 0 radical (unpaired) electrons. The highest BCUT2D eigenvalue weighted by atomic mass is 16.4. The van der Waals surface area contributed by atoms with E-state index in [1.54, 1.807) is 6.20 Å². The number of para-hydroxylation sites is 2. The third-order valence-corrected chi connectivity index (χ3v) is 3.74. The molecule has 5 heteroatoms. The van der Waals surface area contributed by atoms with E-state index in [0.29, 0.717) is 13.1 Å². The Morgan fingerprint density at radius 2 is 2.15 bits per heavy atom. The van der Waals surface area contributed by atoms with Crippen molar-refractivity contribution in [2.24, 2.45) is 5.92 Å². The normalized spacial score (nSPS) is 20.1. The molecule has 1 saturated heterocycles. The lowest BCUT2D eigenvalue weighted by atomic mass is 9.98. The maximum atomic E-state index is 11.1. The van der Waals surface area contributed by atoms with E-state index in [4.69, 9.17) is 5.11 Å². The van der Waals surface area contributed by atoms with Gasteiger partial charge in [-0.2, -0.15) is 0 Å². The number of hydrogen-bond acceptors (Lipinski definition) is 4. The van der Waals surface area contributed by atoms with Crippen molar-refractivity contribution in [1.29, 1.82) is 0 Å². The maximum Gasteiger partial charge on any atom is 0.307 e. The fraction of sp³-hybridized carbons (Fsp3) is 0.400. The lowest BCUT2D eigenvalue weighted by molar-refractivity contribution is -0.143. The van der Waals surface area contributed by atoms with Crippen molar-refractivity contribution in [3.8, 4) is 0 Å². The van der Waals surface area contributed by atoms with Gasteiger partial charge in [-0.25, -0.2) is 4.98 Å². The highest BCUT2D eigenvalue weighted by Gasteiger charge is 2.25. The summed E-state index contributed by atoms with van der Waals surface area (Å²) in [5.41, 5.74) is 2.67. The summed E-state index contributed by atoms with van der Waals surface area (Å²) in [5, 5.41) is 9.11. The molecular weight excluding hydrogens is 254 g/mol. The molecule has 0 aliphatic carbocycles. The summed E-state index contributed by atoms with van der Waals surface area (Å²) >= 11 is 0. The summed E-state index contributed by atoms with van der Waals surface area (Å²) in [5.74, 6) is -0.948. The molecule has 1 aromatic carbocycles. The van der Waals surface area contributed by atoms with Crippen molar-refractivity contribution in [1.82, 2.24) is 14.9 Å². The number of aliphatic carboxylic acids is 1. The summed E-state index contributed by atoms with van der Waals surface area (Å²) in [6, 6.07) is 7.77. The second-order valence-corrected chi connectivity index (χ2v) is 5.26. The van der Waals surface area contributed by atoms with E-state index in [2.05, 4.69) is 14.9 Å². The molecule has 0 saturated carbocycles. The molecule has 3 rings (SSSR count). The molecule has 2 heterocycles. The van der Waals surface area contributed by atoms with Gasteiger partial charge in [0.15, 0.2) is 0 Å². The highest BCUT2D eigenvalue weighted by molar-refractivity contribution is 5.73.